The summed E-state index contributed by atoms with van der Waals surface area (Å²) in [5.41, 5.74) is 10.8. The lowest BCUT2D eigenvalue weighted by Crippen LogP contribution is -1.94. The van der Waals surface area contributed by atoms with E-state index in [1.165, 1.54) is 54.5 Å². The number of hydrogen-bond donors (Lipinski definition) is 0. The van der Waals surface area contributed by atoms with Crippen molar-refractivity contribution in [1.82, 2.24) is 4.57 Å². The van der Waals surface area contributed by atoms with Crippen LogP contribution in [0.2, 0.25) is 0 Å². The van der Waals surface area contributed by atoms with E-state index in [0.717, 1.165) is 49.7 Å². The number of aromatic nitrogens is 1. The first-order valence-electron chi connectivity index (χ1n) is 16.7. The minimum Gasteiger partial charge on any atom is -0.464 e. The highest BCUT2D eigenvalue weighted by Crippen LogP contribution is 2.49. The van der Waals surface area contributed by atoms with Gasteiger partial charge in [0.25, 0.3) is 0 Å². The molecule has 11 aromatic rings. The monoisotopic (exact) mass is 625 g/mol. The fourth-order valence-electron chi connectivity index (χ4n) is 8.23. The maximum atomic E-state index is 6.72. The minimum atomic E-state index is 0.852. The van der Waals surface area contributed by atoms with Crippen LogP contribution in [0.1, 0.15) is 0 Å². The highest BCUT2D eigenvalue weighted by atomic mass is 16.3. The fourth-order valence-corrected chi connectivity index (χ4v) is 8.23. The number of fused-ring (bicyclic) bond motifs is 9. The maximum absolute atomic E-state index is 6.72. The largest absolute Gasteiger partial charge is 0.464 e. The second-order valence-electron chi connectivity index (χ2n) is 12.8. The van der Waals surface area contributed by atoms with Crippen molar-refractivity contribution in [2.45, 2.75) is 0 Å². The van der Waals surface area contributed by atoms with Gasteiger partial charge in [-0.25, -0.2) is 0 Å². The third-order valence-electron chi connectivity index (χ3n) is 10.3. The molecule has 3 heteroatoms. The first kappa shape index (κ1) is 26.5. The molecule has 0 aliphatic carbocycles. The van der Waals surface area contributed by atoms with E-state index in [2.05, 4.69) is 150 Å². The van der Waals surface area contributed by atoms with E-state index in [0.29, 0.717) is 0 Å². The molecule has 0 atom stereocenters. The van der Waals surface area contributed by atoms with Crippen molar-refractivity contribution in [2.75, 3.05) is 0 Å². The second kappa shape index (κ2) is 9.96. The Kier molecular flexibility index (Phi) is 5.38. The number of furan rings is 2. The molecule has 0 fully saturated rings. The van der Waals surface area contributed by atoms with E-state index in [-0.39, 0.29) is 0 Å². The molecular weight excluding hydrogens is 599 g/mol. The van der Waals surface area contributed by atoms with Crippen LogP contribution in [0.5, 0.6) is 0 Å². The molecule has 0 bridgehead atoms. The molecule has 0 aliphatic rings. The van der Waals surface area contributed by atoms with E-state index in [4.69, 9.17) is 8.83 Å². The average molecular weight is 626 g/mol. The Hall–Kier alpha value is -6.58. The predicted octanol–water partition coefficient (Wildman–Crippen LogP) is 13.1. The molecule has 228 valence electrons. The van der Waals surface area contributed by atoms with Gasteiger partial charge in [0.05, 0.1) is 17.3 Å². The number of para-hydroxylation sites is 3. The van der Waals surface area contributed by atoms with Crippen LogP contribution in [-0.2, 0) is 0 Å². The molecule has 0 amide bonds. The zero-order valence-corrected chi connectivity index (χ0v) is 26.4. The number of benzene rings is 8. The normalized spacial score (nSPS) is 12.1. The summed E-state index contributed by atoms with van der Waals surface area (Å²) in [5, 5.41) is 10.4. The standard InChI is InChI=1S/C46H27NO2/c1-2-12-29(13-3-1)47-39-20-10-8-14-30(39)31-23-22-28(26-40(31)47)43-33-16-4-6-18-35(33)44(36-19-7-5-17-34(36)43)45-37-24-25-48-42(37)27-38-32-15-9-11-21-41(32)49-46(38)45/h1-27H. The lowest BCUT2D eigenvalue weighted by Gasteiger charge is -2.18. The Morgan fingerprint density at radius 3 is 1.73 bits per heavy atom. The van der Waals surface area contributed by atoms with Crippen LogP contribution in [-0.4, -0.2) is 4.57 Å². The van der Waals surface area contributed by atoms with Gasteiger partial charge in [0.2, 0.25) is 0 Å². The molecule has 0 unspecified atom stereocenters. The van der Waals surface area contributed by atoms with E-state index in [1.54, 1.807) is 6.26 Å². The van der Waals surface area contributed by atoms with Crippen molar-refractivity contribution < 1.29 is 8.83 Å². The molecule has 49 heavy (non-hydrogen) atoms. The van der Waals surface area contributed by atoms with E-state index in [9.17, 15) is 0 Å². The molecule has 0 radical (unpaired) electrons. The molecule has 0 spiro atoms. The molecule has 3 heterocycles. The Bertz CT molecular complexity index is 3050. The van der Waals surface area contributed by atoms with Gasteiger partial charge < -0.3 is 13.4 Å². The topological polar surface area (TPSA) is 31.2 Å². The summed E-state index contributed by atoms with van der Waals surface area (Å²) in [4.78, 5) is 0. The summed E-state index contributed by atoms with van der Waals surface area (Å²) in [7, 11) is 0. The van der Waals surface area contributed by atoms with Crippen LogP contribution in [0, 0.1) is 0 Å². The SMILES string of the molecule is c1ccc(-n2c3ccccc3c3ccc(-c4c5ccccc5c(-c5c6ccoc6cc6c5oc5ccccc56)c5ccccc45)cc32)cc1. The quantitative estimate of drug-likeness (QED) is 0.183. The first-order chi connectivity index (χ1) is 24.3. The number of rotatable bonds is 3. The number of nitrogens with zero attached hydrogens (tertiary/aromatic N) is 1. The smallest absolute Gasteiger partial charge is 0.144 e. The molecular formula is C46H27NO2. The van der Waals surface area contributed by atoms with Crippen molar-refractivity contribution in [3.63, 3.8) is 0 Å². The van der Waals surface area contributed by atoms with Crippen LogP contribution in [0.15, 0.2) is 173 Å². The zero-order chi connectivity index (χ0) is 32.1. The van der Waals surface area contributed by atoms with Gasteiger partial charge in [0.15, 0.2) is 0 Å². The van der Waals surface area contributed by atoms with Gasteiger partial charge in [-0.05, 0) is 75.1 Å². The highest BCUT2D eigenvalue weighted by Gasteiger charge is 2.24. The summed E-state index contributed by atoms with van der Waals surface area (Å²) >= 11 is 0. The van der Waals surface area contributed by atoms with Crippen LogP contribution < -0.4 is 0 Å². The van der Waals surface area contributed by atoms with Gasteiger partial charge in [-0.1, -0.05) is 115 Å². The molecule has 0 N–H and O–H groups in total. The molecule has 0 aliphatic heterocycles. The van der Waals surface area contributed by atoms with Gasteiger partial charge in [0, 0.05) is 43.7 Å². The third kappa shape index (κ3) is 3.67. The fraction of sp³-hybridized carbons (Fsp3) is 0. The minimum absolute atomic E-state index is 0.852. The molecule has 3 nitrogen and oxygen atoms in total. The molecule has 3 aromatic heterocycles. The van der Waals surface area contributed by atoms with E-state index >= 15 is 0 Å². The van der Waals surface area contributed by atoms with E-state index in [1.807, 2.05) is 12.1 Å². The van der Waals surface area contributed by atoms with Crippen molar-refractivity contribution in [3.8, 4) is 27.9 Å². The molecule has 0 saturated carbocycles. The van der Waals surface area contributed by atoms with Crippen LogP contribution in [0.4, 0.5) is 0 Å². The Labute approximate surface area is 280 Å². The Balaban J connectivity index is 1.28. The lowest BCUT2D eigenvalue weighted by molar-refractivity contribution is 0.616. The summed E-state index contributed by atoms with van der Waals surface area (Å²) in [6, 6.07) is 56.5. The highest BCUT2D eigenvalue weighted by molar-refractivity contribution is 6.28. The van der Waals surface area contributed by atoms with Gasteiger partial charge in [-0.3, -0.25) is 0 Å². The predicted molar refractivity (Wildman–Crippen MR) is 204 cm³/mol. The van der Waals surface area contributed by atoms with Gasteiger partial charge >= 0.3 is 0 Å². The third-order valence-corrected chi connectivity index (χ3v) is 10.3. The maximum Gasteiger partial charge on any atom is 0.144 e. The Morgan fingerprint density at radius 1 is 0.367 bits per heavy atom. The average Bonchev–Trinajstić information content (AvgIpc) is 3.87. The number of hydrogen-bond acceptors (Lipinski definition) is 2. The summed E-state index contributed by atoms with van der Waals surface area (Å²) in [5.74, 6) is 0. The molecule has 8 aromatic carbocycles. The zero-order valence-electron chi connectivity index (χ0n) is 26.4. The summed E-state index contributed by atoms with van der Waals surface area (Å²) < 4.78 is 15.2. The van der Waals surface area contributed by atoms with Crippen molar-refractivity contribution in [3.05, 3.63) is 164 Å². The first-order valence-corrected chi connectivity index (χ1v) is 16.7. The van der Waals surface area contributed by atoms with Crippen molar-refractivity contribution in [2.24, 2.45) is 0 Å². The lowest BCUT2D eigenvalue weighted by atomic mass is 9.84. The second-order valence-corrected chi connectivity index (χ2v) is 12.8. The van der Waals surface area contributed by atoms with Crippen LogP contribution >= 0.6 is 0 Å². The summed E-state index contributed by atoms with van der Waals surface area (Å²) in [6.45, 7) is 0. The van der Waals surface area contributed by atoms with Crippen molar-refractivity contribution in [1.29, 1.82) is 0 Å². The van der Waals surface area contributed by atoms with Crippen LogP contribution in [0.25, 0.3) is 104 Å². The Morgan fingerprint density at radius 2 is 0.980 bits per heavy atom. The summed E-state index contributed by atoms with van der Waals surface area (Å²) in [6.07, 6.45) is 1.79. The van der Waals surface area contributed by atoms with Gasteiger partial charge in [0.1, 0.15) is 16.7 Å². The van der Waals surface area contributed by atoms with Gasteiger partial charge in [-0.2, -0.15) is 0 Å². The van der Waals surface area contributed by atoms with Gasteiger partial charge in [-0.15, -0.1) is 0 Å². The van der Waals surface area contributed by atoms with Crippen LogP contribution in [0.3, 0.4) is 0 Å². The van der Waals surface area contributed by atoms with E-state index < -0.39 is 0 Å². The molecule has 0 saturated heterocycles. The van der Waals surface area contributed by atoms with Crippen molar-refractivity contribution >= 4 is 76.3 Å². The molecule has 11 rings (SSSR count).